The topological polar surface area (TPSA) is 35.5 Å². The van der Waals surface area contributed by atoms with E-state index in [1.165, 1.54) is 30.3 Å². The zero-order chi connectivity index (χ0) is 15.0. The minimum absolute atomic E-state index is 0.202. The molecule has 0 fully saturated rings. The maximum absolute atomic E-state index is 13.3. The van der Waals surface area contributed by atoms with E-state index in [4.69, 9.17) is 21.1 Å². The van der Waals surface area contributed by atoms with Gasteiger partial charge in [0, 0.05) is 21.7 Å². The lowest BCUT2D eigenvalue weighted by Crippen LogP contribution is -2.16. The Hall–Kier alpha value is -1.59. The van der Waals surface area contributed by atoms with Crippen LogP contribution in [0.1, 0.15) is 15.9 Å². The standard InChI is InChI=1S/C15H9BrClFO3/c16-11-2-1-8(18)5-9(11)15(19)10-6-13-14(7-12(10)17)21-4-3-20-13/h1-2,5-7H,3-4H2. The summed E-state index contributed by atoms with van der Waals surface area (Å²) < 4.78 is 24.7. The molecule has 1 aliphatic heterocycles. The van der Waals surface area contributed by atoms with Crippen LogP contribution in [0, 0.1) is 5.82 Å². The summed E-state index contributed by atoms with van der Waals surface area (Å²) in [5.74, 6) is 0.0844. The van der Waals surface area contributed by atoms with Gasteiger partial charge in [-0.15, -0.1) is 0 Å². The maximum atomic E-state index is 13.3. The van der Waals surface area contributed by atoms with E-state index in [1.807, 2.05) is 0 Å². The third kappa shape index (κ3) is 2.76. The van der Waals surface area contributed by atoms with Crippen molar-refractivity contribution in [3.05, 3.63) is 56.8 Å². The van der Waals surface area contributed by atoms with Gasteiger partial charge in [0.15, 0.2) is 17.3 Å². The number of benzene rings is 2. The first-order chi connectivity index (χ1) is 10.1. The van der Waals surface area contributed by atoms with Gasteiger partial charge in [-0.25, -0.2) is 4.39 Å². The lowest BCUT2D eigenvalue weighted by molar-refractivity contribution is 0.103. The van der Waals surface area contributed by atoms with Crippen LogP contribution in [-0.2, 0) is 0 Å². The van der Waals surface area contributed by atoms with Crippen molar-refractivity contribution in [2.75, 3.05) is 13.2 Å². The molecule has 21 heavy (non-hydrogen) atoms. The Morgan fingerprint density at radius 3 is 2.48 bits per heavy atom. The van der Waals surface area contributed by atoms with E-state index in [2.05, 4.69) is 15.9 Å². The normalized spacial score (nSPS) is 13.1. The summed E-state index contributed by atoms with van der Waals surface area (Å²) in [6.45, 7) is 0.845. The molecule has 0 aliphatic carbocycles. The second-order valence-electron chi connectivity index (χ2n) is 4.43. The van der Waals surface area contributed by atoms with Crippen molar-refractivity contribution in [1.82, 2.24) is 0 Å². The van der Waals surface area contributed by atoms with Crippen LogP contribution in [0.4, 0.5) is 4.39 Å². The highest BCUT2D eigenvalue weighted by Gasteiger charge is 2.21. The lowest BCUT2D eigenvalue weighted by atomic mass is 10.0. The molecule has 0 atom stereocenters. The molecule has 1 heterocycles. The van der Waals surface area contributed by atoms with Crippen molar-refractivity contribution in [2.45, 2.75) is 0 Å². The Morgan fingerprint density at radius 2 is 1.76 bits per heavy atom. The van der Waals surface area contributed by atoms with E-state index in [9.17, 15) is 9.18 Å². The zero-order valence-electron chi connectivity index (χ0n) is 10.7. The van der Waals surface area contributed by atoms with Crippen LogP contribution in [0.2, 0.25) is 5.02 Å². The highest BCUT2D eigenvalue weighted by molar-refractivity contribution is 9.10. The number of halogens is 3. The number of hydrogen-bond acceptors (Lipinski definition) is 3. The fourth-order valence-electron chi connectivity index (χ4n) is 2.05. The van der Waals surface area contributed by atoms with Gasteiger partial charge >= 0.3 is 0 Å². The first kappa shape index (κ1) is 14.4. The number of carbonyl (C=O) groups is 1. The van der Waals surface area contributed by atoms with E-state index in [-0.39, 0.29) is 21.9 Å². The van der Waals surface area contributed by atoms with Crippen molar-refractivity contribution < 1.29 is 18.7 Å². The van der Waals surface area contributed by atoms with E-state index in [0.29, 0.717) is 29.2 Å². The maximum Gasteiger partial charge on any atom is 0.195 e. The van der Waals surface area contributed by atoms with Crippen LogP contribution in [-0.4, -0.2) is 19.0 Å². The average molecular weight is 372 g/mol. The van der Waals surface area contributed by atoms with E-state index in [1.54, 1.807) is 0 Å². The summed E-state index contributed by atoms with van der Waals surface area (Å²) in [6, 6.07) is 6.98. The van der Waals surface area contributed by atoms with Gasteiger partial charge in [-0.3, -0.25) is 4.79 Å². The number of fused-ring (bicyclic) bond motifs is 1. The highest BCUT2D eigenvalue weighted by Crippen LogP contribution is 2.36. The van der Waals surface area contributed by atoms with Crippen molar-refractivity contribution in [1.29, 1.82) is 0 Å². The first-order valence-corrected chi connectivity index (χ1v) is 7.32. The van der Waals surface area contributed by atoms with E-state index >= 15 is 0 Å². The second-order valence-corrected chi connectivity index (χ2v) is 5.69. The molecule has 2 aromatic carbocycles. The summed E-state index contributed by atoms with van der Waals surface area (Å²) in [5.41, 5.74) is 0.445. The largest absolute Gasteiger partial charge is 0.486 e. The molecule has 6 heteroatoms. The summed E-state index contributed by atoms with van der Waals surface area (Å²) in [5, 5.41) is 0.236. The molecule has 1 aliphatic rings. The number of carbonyl (C=O) groups excluding carboxylic acids is 1. The van der Waals surface area contributed by atoms with Crippen LogP contribution in [0.3, 0.4) is 0 Å². The van der Waals surface area contributed by atoms with Crippen LogP contribution in [0.15, 0.2) is 34.8 Å². The number of ether oxygens (including phenoxy) is 2. The molecule has 0 saturated carbocycles. The quantitative estimate of drug-likeness (QED) is 0.741. The van der Waals surface area contributed by atoms with Crippen LogP contribution >= 0.6 is 27.5 Å². The van der Waals surface area contributed by atoms with Crippen molar-refractivity contribution in [2.24, 2.45) is 0 Å². The molecule has 0 spiro atoms. The fourth-order valence-corrected chi connectivity index (χ4v) is 2.72. The van der Waals surface area contributed by atoms with Crippen molar-refractivity contribution in [3.63, 3.8) is 0 Å². The van der Waals surface area contributed by atoms with Gasteiger partial charge in [0.1, 0.15) is 19.0 Å². The smallest absolute Gasteiger partial charge is 0.195 e. The Kier molecular flexibility index (Phi) is 3.87. The lowest BCUT2D eigenvalue weighted by Gasteiger charge is -2.19. The van der Waals surface area contributed by atoms with Crippen molar-refractivity contribution in [3.8, 4) is 11.5 Å². The predicted molar refractivity (Wildman–Crippen MR) is 80.0 cm³/mol. The Bertz CT molecular complexity index is 733. The Labute approximate surface area is 133 Å². The number of hydrogen-bond donors (Lipinski definition) is 0. The van der Waals surface area contributed by atoms with Gasteiger partial charge in [0.2, 0.25) is 0 Å². The molecule has 0 radical (unpaired) electrons. The van der Waals surface area contributed by atoms with Gasteiger partial charge in [-0.05, 0) is 24.3 Å². The molecule has 3 rings (SSSR count). The molecule has 0 bridgehead atoms. The van der Waals surface area contributed by atoms with E-state index in [0.717, 1.165) is 0 Å². The molecule has 0 amide bonds. The zero-order valence-corrected chi connectivity index (χ0v) is 13.0. The fraction of sp³-hybridized carbons (Fsp3) is 0.133. The summed E-state index contributed by atoms with van der Waals surface area (Å²) in [4.78, 5) is 12.5. The minimum atomic E-state index is -0.491. The highest BCUT2D eigenvalue weighted by atomic mass is 79.9. The molecule has 3 nitrogen and oxygen atoms in total. The Balaban J connectivity index is 2.07. The number of rotatable bonds is 2. The Morgan fingerprint density at radius 1 is 1.10 bits per heavy atom. The van der Waals surface area contributed by atoms with Crippen LogP contribution in [0.5, 0.6) is 11.5 Å². The molecule has 2 aromatic rings. The van der Waals surface area contributed by atoms with Gasteiger partial charge in [0.25, 0.3) is 0 Å². The van der Waals surface area contributed by atoms with Crippen LogP contribution in [0.25, 0.3) is 0 Å². The third-order valence-corrected chi connectivity index (χ3v) is 4.05. The predicted octanol–water partition coefficient (Wildman–Crippen LogP) is 4.24. The SMILES string of the molecule is O=C(c1cc2c(cc1Cl)OCCO2)c1cc(F)ccc1Br. The number of ketones is 1. The summed E-state index contributed by atoms with van der Waals surface area (Å²) >= 11 is 9.37. The van der Waals surface area contributed by atoms with Gasteiger partial charge in [0.05, 0.1) is 5.02 Å². The monoisotopic (exact) mass is 370 g/mol. The molecule has 0 unspecified atom stereocenters. The van der Waals surface area contributed by atoms with Crippen LogP contribution < -0.4 is 9.47 Å². The van der Waals surface area contributed by atoms with Gasteiger partial charge < -0.3 is 9.47 Å². The molecular weight excluding hydrogens is 363 g/mol. The molecule has 0 aromatic heterocycles. The third-order valence-electron chi connectivity index (χ3n) is 3.05. The minimum Gasteiger partial charge on any atom is -0.486 e. The first-order valence-electron chi connectivity index (χ1n) is 6.15. The van der Waals surface area contributed by atoms with Crippen molar-refractivity contribution >= 4 is 33.3 Å². The summed E-state index contributed by atoms with van der Waals surface area (Å²) in [6.07, 6.45) is 0. The molecular formula is C15H9BrClFO3. The second kappa shape index (κ2) is 5.66. The average Bonchev–Trinajstić information content (AvgIpc) is 2.48. The summed E-state index contributed by atoms with van der Waals surface area (Å²) in [7, 11) is 0. The molecule has 108 valence electrons. The van der Waals surface area contributed by atoms with E-state index < -0.39 is 5.82 Å². The van der Waals surface area contributed by atoms with Gasteiger partial charge in [-0.2, -0.15) is 0 Å². The molecule has 0 N–H and O–H groups in total. The molecule has 0 saturated heterocycles. The van der Waals surface area contributed by atoms with Gasteiger partial charge in [-0.1, -0.05) is 27.5 Å².